The largest absolute Gasteiger partial charge is 0.369 e. The summed E-state index contributed by atoms with van der Waals surface area (Å²) in [6.07, 6.45) is 7.20. The van der Waals surface area contributed by atoms with Gasteiger partial charge in [0.05, 0.1) is 10.2 Å². The third-order valence-corrected chi connectivity index (χ3v) is 4.37. The van der Waals surface area contributed by atoms with Gasteiger partial charge >= 0.3 is 0 Å². The molecule has 0 saturated heterocycles. The Bertz CT molecular complexity index is 400. The first kappa shape index (κ1) is 13.8. The van der Waals surface area contributed by atoms with Crippen LogP contribution in [0.4, 0.5) is 5.82 Å². The third kappa shape index (κ3) is 3.02. The lowest BCUT2D eigenvalue weighted by molar-refractivity contribution is 0.660. The Balaban J connectivity index is 2.29. The van der Waals surface area contributed by atoms with Gasteiger partial charge in [-0.25, -0.2) is 9.97 Å². The second kappa shape index (κ2) is 6.50. The summed E-state index contributed by atoms with van der Waals surface area (Å²) in [6, 6.07) is 0. The molecule has 1 aliphatic carbocycles. The molecule has 0 spiro atoms. The molecule has 1 aromatic rings. The van der Waals surface area contributed by atoms with Gasteiger partial charge in [0.15, 0.2) is 0 Å². The van der Waals surface area contributed by atoms with E-state index < -0.39 is 0 Å². The highest BCUT2D eigenvalue weighted by Gasteiger charge is 2.22. The zero-order chi connectivity index (χ0) is 13.0. The maximum absolute atomic E-state index is 4.74. The number of aromatic nitrogens is 2. The van der Waals surface area contributed by atoms with E-state index in [1.54, 1.807) is 0 Å². The normalized spacial score (nSPS) is 16.2. The molecule has 100 valence electrons. The molecule has 0 unspecified atom stereocenters. The molecule has 0 aliphatic heterocycles. The number of rotatable bonds is 5. The first-order valence-electron chi connectivity index (χ1n) is 7.06. The smallest absolute Gasteiger partial charge is 0.144 e. The summed E-state index contributed by atoms with van der Waals surface area (Å²) in [7, 11) is 0. The van der Waals surface area contributed by atoms with Crippen molar-refractivity contribution >= 4 is 21.7 Å². The van der Waals surface area contributed by atoms with Crippen LogP contribution in [-0.2, 0) is 6.42 Å². The lowest BCUT2D eigenvalue weighted by Gasteiger charge is -2.14. The van der Waals surface area contributed by atoms with Crippen LogP contribution < -0.4 is 5.32 Å². The molecule has 1 aromatic heterocycles. The summed E-state index contributed by atoms with van der Waals surface area (Å²) in [5, 5.41) is 3.40. The van der Waals surface area contributed by atoms with E-state index in [4.69, 9.17) is 9.97 Å². The van der Waals surface area contributed by atoms with Crippen LogP contribution in [0, 0.1) is 0 Å². The van der Waals surface area contributed by atoms with Crippen LogP contribution in [0.15, 0.2) is 4.47 Å². The van der Waals surface area contributed by atoms with E-state index in [-0.39, 0.29) is 0 Å². The number of nitrogens with one attached hydrogen (secondary N) is 1. The van der Waals surface area contributed by atoms with Gasteiger partial charge in [-0.3, -0.25) is 0 Å². The molecule has 1 heterocycles. The molecule has 4 heteroatoms. The zero-order valence-corrected chi connectivity index (χ0v) is 12.9. The van der Waals surface area contributed by atoms with Gasteiger partial charge in [0, 0.05) is 12.5 Å². The van der Waals surface area contributed by atoms with Crippen LogP contribution in [0.3, 0.4) is 0 Å². The number of anilines is 1. The lowest BCUT2D eigenvalue weighted by atomic mass is 10.1. The summed E-state index contributed by atoms with van der Waals surface area (Å²) in [6.45, 7) is 5.28. The zero-order valence-electron chi connectivity index (χ0n) is 11.3. The number of hydrogen-bond acceptors (Lipinski definition) is 3. The molecule has 1 aliphatic rings. The van der Waals surface area contributed by atoms with Crippen LogP contribution in [0.25, 0.3) is 0 Å². The van der Waals surface area contributed by atoms with Gasteiger partial charge in [-0.1, -0.05) is 26.7 Å². The van der Waals surface area contributed by atoms with Crippen molar-refractivity contribution in [1.29, 1.82) is 0 Å². The number of hydrogen-bond donors (Lipinski definition) is 1. The Morgan fingerprint density at radius 2 is 1.94 bits per heavy atom. The van der Waals surface area contributed by atoms with Crippen molar-refractivity contribution in [3.05, 3.63) is 16.0 Å². The highest BCUT2D eigenvalue weighted by molar-refractivity contribution is 9.10. The average Bonchev–Trinajstić information content (AvgIpc) is 2.91. The quantitative estimate of drug-likeness (QED) is 0.882. The van der Waals surface area contributed by atoms with Crippen LogP contribution >= 0.6 is 15.9 Å². The second-order valence-electron chi connectivity index (χ2n) is 4.95. The Morgan fingerprint density at radius 1 is 1.22 bits per heavy atom. The van der Waals surface area contributed by atoms with E-state index in [0.29, 0.717) is 5.92 Å². The molecule has 2 rings (SSSR count). The Kier molecular flexibility index (Phi) is 4.98. The Labute approximate surface area is 118 Å². The predicted octanol–water partition coefficient (Wildman–Crippen LogP) is 4.28. The number of halogens is 1. The van der Waals surface area contributed by atoms with Crippen molar-refractivity contribution in [3.63, 3.8) is 0 Å². The minimum Gasteiger partial charge on any atom is -0.369 e. The maximum Gasteiger partial charge on any atom is 0.144 e. The van der Waals surface area contributed by atoms with E-state index >= 15 is 0 Å². The summed E-state index contributed by atoms with van der Waals surface area (Å²) in [5.41, 5.74) is 1.13. The Hall–Kier alpha value is -0.640. The van der Waals surface area contributed by atoms with Crippen molar-refractivity contribution in [2.24, 2.45) is 0 Å². The van der Waals surface area contributed by atoms with Crippen LogP contribution in [0.1, 0.15) is 63.4 Å². The standard InChI is InChI=1S/C14H22BrN3/c1-3-9-16-14-12(15)11(4-2)17-13(18-14)10-7-5-6-8-10/h10H,3-9H2,1-2H3,(H,16,17,18). The van der Waals surface area contributed by atoms with Gasteiger partial charge in [0.25, 0.3) is 0 Å². The fourth-order valence-electron chi connectivity index (χ4n) is 2.47. The molecule has 0 bridgehead atoms. The van der Waals surface area contributed by atoms with E-state index in [1.807, 2.05) is 0 Å². The van der Waals surface area contributed by atoms with E-state index in [1.165, 1.54) is 25.7 Å². The van der Waals surface area contributed by atoms with Crippen LogP contribution in [-0.4, -0.2) is 16.5 Å². The van der Waals surface area contributed by atoms with Crippen molar-refractivity contribution in [3.8, 4) is 0 Å². The minimum atomic E-state index is 0.575. The maximum atomic E-state index is 4.74. The van der Waals surface area contributed by atoms with Crippen molar-refractivity contribution in [2.75, 3.05) is 11.9 Å². The van der Waals surface area contributed by atoms with Gasteiger partial charge in [-0.05, 0) is 41.6 Å². The average molecular weight is 312 g/mol. The highest BCUT2D eigenvalue weighted by Crippen LogP contribution is 2.34. The first-order chi connectivity index (χ1) is 8.76. The van der Waals surface area contributed by atoms with Crippen molar-refractivity contribution in [2.45, 2.75) is 58.3 Å². The highest BCUT2D eigenvalue weighted by atomic mass is 79.9. The number of nitrogens with zero attached hydrogens (tertiary/aromatic N) is 2. The summed E-state index contributed by atoms with van der Waals surface area (Å²) < 4.78 is 1.04. The number of aryl methyl sites for hydroxylation is 1. The topological polar surface area (TPSA) is 37.8 Å². The molecular weight excluding hydrogens is 290 g/mol. The molecular formula is C14H22BrN3. The molecule has 1 fully saturated rings. The Morgan fingerprint density at radius 3 is 2.56 bits per heavy atom. The second-order valence-corrected chi connectivity index (χ2v) is 5.75. The van der Waals surface area contributed by atoms with Gasteiger partial charge in [-0.2, -0.15) is 0 Å². The summed E-state index contributed by atoms with van der Waals surface area (Å²) >= 11 is 3.63. The predicted molar refractivity (Wildman–Crippen MR) is 79.1 cm³/mol. The van der Waals surface area contributed by atoms with Gasteiger partial charge < -0.3 is 5.32 Å². The SMILES string of the molecule is CCCNc1nc(C2CCCC2)nc(CC)c1Br. The molecule has 0 atom stereocenters. The minimum absolute atomic E-state index is 0.575. The van der Waals surface area contributed by atoms with Gasteiger partial charge in [0.1, 0.15) is 11.6 Å². The molecule has 1 N–H and O–H groups in total. The lowest BCUT2D eigenvalue weighted by Crippen LogP contribution is -2.10. The fraction of sp³-hybridized carbons (Fsp3) is 0.714. The third-order valence-electron chi connectivity index (χ3n) is 3.53. The van der Waals surface area contributed by atoms with E-state index in [9.17, 15) is 0 Å². The van der Waals surface area contributed by atoms with Gasteiger partial charge in [0.2, 0.25) is 0 Å². The first-order valence-corrected chi connectivity index (χ1v) is 7.85. The summed E-state index contributed by atoms with van der Waals surface area (Å²) in [5.74, 6) is 2.60. The van der Waals surface area contributed by atoms with E-state index in [2.05, 4.69) is 35.1 Å². The monoisotopic (exact) mass is 311 g/mol. The van der Waals surface area contributed by atoms with Crippen LogP contribution in [0.5, 0.6) is 0 Å². The molecule has 18 heavy (non-hydrogen) atoms. The molecule has 1 saturated carbocycles. The van der Waals surface area contributed by atoms with Crippen molar-refractivity contribution < 1.29 is 0 Å². The molecule has 0 aromatic carbocycles. The van der Waals surface area contributed by atoms with Crippen LogP contribution in [0.2, 0.25) is 0 Å². The molecule has 3 nitrogen and oxygen atoms in total. The van der Waals surface area contributed by atoms with Gasteiger partial charge in [-0.15, -0.1) is 0 Å². The molecule has 0 radical (unpaired) electrons. The summed E-state index contributed by atoms with van der Waals surface area (Å²) in [4.78, 5) is 9.47. The van der Waals surface area contributed by atoms with Crippen molar-refractivity contribution in [1.82, 2.24) is 9.97 Å². The van der Waals surface area contributed by atoms with E-state index in [0.717, 1.165) is 41.2 Å². The molecule has 0 amide bonds. The fourth-order valence-corrected chi connectivity index (χ4v) is 3.07.